The Morgan fingerprint density at radius 3 is 2.79 bits per heavy atom. The highest BCUT2D eigenvalue weighted by Gasteiger charge is 2.06. The lowest BCUT2D eigenvalue weighted by Gasteiger charge is -2.09. The first-order chi connectivity index (χ1) is 6.68. The lowest BCUT2D eigenvalue weighted by atomic mass is 10.0. The predicted octanol–water partition coefficient (Wildman–Crippen LogP) is 3.06. The number of hydrogen-bond donors (Lipinski definition) is 0. The Labute approximate surface area is 84.0 Å². The number of pyridine rings is 2. The lowest BCUT2D eigenvalue weighted by Crippen LogP contribution is -1.96. The topological polar surface area (TPSA) is 25.8 Å². The summed E-state index contributed by atoms with van der Waals surface area (Å²) in [7, 11) is 0. The number of rotatable bonds is 1. The van der Waals surface area contributed by atoms with Gasteiger partial charge in [0.25, 0.3) is 0 Å². The molecule has 2 aromatic rings. The van der Waals surface area contributed by atoms with Crippen molar-refractivity contribution in [3.8, 4) is 0 Å². The standard InChI is InChI=1S/C12H14N2/c1-8(2)11-7-10-5-4-6-13-12(10)14-9(11)3/h4-8H,1-3H3. The van der Waals surface area contributed by atoms with Gasteiger partial charge in [-0.1, -0.05) is 13.8 Å². The van der Waals surface area contributed by atoms with Crippen LogP contribution in [0.3, 0.4) is 0 Å². The van der Waals surface area contributed by atoms with Gasteiger partial charge in [-0.15, -0.1) is 0 Å². The first-order valence-corrected chi connectivity index (χ1v) is 4.91. The largest absolute Gasteiger partial charge is 0.237 e. The summed E-state index contributed by atoms with van der Waals surface area (Å²) in [6.45, 7) is 6.42. The third kappa shape index (κ3) is 1.48. The quantitative estimate of drug-likeness (QED) is 0.684. The molecule has 0 aliphatic rings. The Morgan fingerprint density at radius 2 is 2.07 bits per heavy atom. The SMILES string of the molecule is Cc1nc2ncccc2cc1C(C)C. The Morgan fingerprint density at radius 1 is 1.29 bits per heavy atom. The maximum absolute atomic E-state index is 4.49. The van der Waals surface area contributed by atoms with E-state index in [9.17, 15) is 0 Å². The summed E-state index contributed by atoms with van der Waals surface area (Å²) in [5.41, 5.74) is 3.24. The van der Waals surface area contributed by atoms with Crippen molar-refractivity contribution in [2.45, 2.75) is 26.7 Å². The smallest absolute Gasteiger partial charge is 0.159 e. The molecular weight excluding hydrogens is 172 g/mol. The van der Waals surface area contributed by atoms with Crippen molar-refractivity contribution in [3.05, 3.63) is 35.7 Å². The molecule has 2 heteroatoms. The van der Waals surface area contributed by atoms with Gasteiger partial charge in [0.1, 0.15) is 0 Å². The van der Waals surface area contributed by atoms with Crippen LogP contribution in [0.1, 0.15) is 31.0 Å². The van der Waals surface area contributed by atoms with Crippen molar-refractivity contribution < 1.29 is 0 Å². The van der Waals surface area contributed by atoms with E-state index in [-0.39, 0.29) is 0 Å². The molecule has 0 spiro atoms. The molecule has 2 heterocycles. The molecular formula is C12H14N2. The monoisotopic (exact) mass is 186 g/mol. The normalized spacial score (nSPS) is 11.1. The molecule has 2 rings (SSSR count). The number of aryl methyl sites for hydroxylation is 1. The molecule has 0 amide bonds. The first-order valence-electron chi connectivity index (χ1n) is 4.91. The maximum atomic E-state index is 4.49. The van der Waals surface area contributed by atoms with Crippen molar-refractivity contribution in [2.75, 3.05) is 0 Å². The summed E-state index contributed by atoms with van der Waals surface area (Å²) in [5.74, 6) is 0.520. The summed E-state index contributed by atoms with van der Waals surface area (Å²) in [6, 6.07) is 6.19. The molecule has 0 radical (unpaired) electrons. The minimum atomic E-state index is 0.520. The Bertz CT molecular complexity index is 461. The van der Waals surface area contributed by atoms with Crippen LogP contribution in [0.5, 0.6) is 0 Å². The third-order valence-corrected chi connectivity index (χ3v) is 2.44. The van der Waals surface area contributed by atoms with Gasteiger partial charge in [0, 0.05) is 17.3 Å². The van der Waals surface area contributed by atoms with Gasteiger partial charge < -0.3 is 0 Å². The summed E-state index contributed by atoms with van der Waals surface area (Å²) in [6.07, 6.45) is 1.78. The van der Waals surface area contributed by atoms with E-state index in [1.807, 2.05) is 13.0 Å². The number of fused-ring (bicyclic) bond motifs is 1. The van der Waals surface area contributed by atoms with Gasteiger partial charge in [-0.2, -0.15) is 0 Å². The third-order valence-electron chi connectivity index (χ3n) is 2.44. The summed E-state index contributed by atoms with van der Waals surface area (Å²) >= 11 is 0. The van der Waals surface area contributed by atoms with E-state index in [0.29, 0.717) is 5.92 Å². The molecule has 0 aliphatic carbocycles. The van der Waals surface area contributed by atoms with Crippen LogP contribution in [0.4, 0.5) is 0 Å². The van der Waals surface area contributed by atoms with Crippen LogP contribution in [0.15, 0.2) is 24.4 Å². The Kier molecular flexibility index (Phi) is 2.20. The van der Waals surface area contributed by atoms with Crippen LogP contribution < -0.4 is 0 Å². The van der Waals surface area contributed by atoms with Gasteiger partial charge in [-0.3, -0.25) is 0 Å². The average Bonchev–Trinajstić information content (AvgIpc) is 2.16. The van der Waals surface area contributed by atoms with Crippen LogP contribution in [0.2, 0.25) is 0 Å². The molecule has 14 heavy (non-hydrogen) atoms. The molecule has 0 aliphatic heterocycles. The van der Waals surface area contributed by atoms with E-state index in [4.69, 9.17) is 0 Å². The van der Waals surface area contributed by atoms with E-state index >= 15 is 0 Å². The second-order valence-electron chi connectivity index (χ2n) is 3.87. The molecule has 0 aromatic carbocycles. The van der Waals surface area contributed by atoms with Gasteiger partial charge in [0.2, 0.25) is 0 Å². The van der Waals surface area contributed by atoms with Crippen molar-refractivity contribution >= 4 is 11.0 Å². The Balaban J connectivity index is 2.71. The minimum absolute atomic E-state index is 0.520. The van der Waals surface area contributed by atoms with Crippen molar-refractivity contribution in [1.82, 2.24) is 9.97 Å². The number of nitrogens with zero attached hydrogens (tertiary/aromatic N) is 2. The molecule has 0 saturated carbocycles. The van der Waals surface area contributed by atoms with E-state index < -0.39 is 0 Å². The lowest BCUT2D eigenvalue weighted by molar-refractivity contribution is 0.847. The Hall–Kier alpha value is -1.44. The molecule has 0 N–H and O–H groups in total. The summed E-state index contributed by atoms with van der Waals surface area (Å²) < 4.78 is 0. The maximum Gasteiger partial charge on any atom is 0.159 e. The highest BCUT2D eigenvalue weighted by atomic mass is 14.8. The molecule has 0 saturated heterocycles. The second-order valence-corrected chi connectivity index (χ2v) is 3.87. The van der Waals surface area contributed by atoms with Crippen LogP contribution in [0.25, 0.3) is 11.0 Å². The van der Waals surface area contributed by atoms with Gasteiger partial charge in [-0.25, -0.2) is 9.97 Å². The van der Waals surface area contributed by atoms with Crippen LogP contribution in [-0.4, -0.2) is 9.97 Å². The van der Waals surface area contributed by atoms with Crippen LogP contribution in [-0.2, 0) is 0 Å². The highest BCUT2D eigenvalue weighted by Crippen LogP contribution is 2.21. The minimum Gasteiger partial charge on any atom is -0.237 e. The highest BCUT2D eigenvalue weighted by molar-refractivity contribution is 5.75. The van der Waals surface area contributed by atoms with Gasteiger partial charge in [0.15, 0.2) is 5.65 Å². The molecule has 2 aromatic heterocycles. The van der Waals surface area contributed by atoms with Crippen molar-refractivity contribution in [3.63, 3.8) is 0 Å². The zero-order chi connectivity index (χ0) is 10.1. The number of hydrogen-bond acceptors (Lipinski definition) is 2. The molecule has 0 atom stereocenters. The fourth-order valence-electron chi connectivity index (χ4n) is 1.70. The van der Waals surface area contributed by atoms with Gasteiger partial charge in [-0.05, 0) is 36.6 Å². The van der Waals surface area contributed by atoms with Crippen molar-refractivity contribution in [2.24, 2.45) is 0 Å². The summed E-state index contributed by atoms with van der Waals surface area (Å²) in [5, 5.41) is 1.13. The zero-order valence-electron chi connectivity index (χ0n) is 8.78. The summed E-state index contributed by atoms with van der Waals surface area (Å²) in [4.78, 5) is 8.72. The van der Waals surface area contributed by atoms with Gasteiger partial charge >= 0.3 is 0 Å². The molecule has 0 bridgehead atoms. The van der Waals surface area contributed by atoms with E-state index in [0.717, 1.165) is 16.7 Å². The number of aromatic nitrogens is 2. The molecule has 0 fully saturated rings. The fraction of sp³-hybridized carbons (Fsp3) is 0.333. The van der Waals surface area contributed by atoms with Gasteiger partial charge in [0.05, 0.1) is 0 Å². The molecule has 0 unspecified atom stereocenters. The average molecular weight is 186 g/mol. The van der Waals surface area contributed by atoms with Crippen molar-refractivity contribution in [1.29, 1.82) is 0 Å². The van der Waals surface area contributed by atoms with E-state index in [2.05, 4.69) is 35.9 Å². The van der Waals surface area contributed by atoms with Crippen LogP contribution in [0, 0.1) is 6.92 Å². The van der Waals surface area contributed by atoms with Crippen LogP contribution >= 0.6 is 0 Å². The molecule has 72 valence electrons. The predicted molar refractivity (Wildman–Crippen MR) is 58.4 cm³/mol. The zero-order valence-corrected chi connectivity index (χ0v) is 8.78. The fourth-order valence-corrected chi connectivity index (χ4v) is 1.70. The van der Waals surface area contributed by atoms with E-state index in [1.54, 1.807) is 6.20 Å². The van der Waals surface area contributed by atoms with E-state index in [1.165, 1.54) is 5.56 Å². The first kappa shape index (κ1) is 9.13. The molecule has 2 nitrogen and oxygen atoms in total. The second kappa shape index (κ2) is 3.37.